The molecule has 0 radical (unpaired) electrons. The van der Waals surface area contributed by atoms with E-state index in [4.69, 9.17) is 0 Å². The van der Waals surface area contributed by atoms with Crippen LogP contribution in [0.3, 0.4) is 0 Å². The van der Waals surface area contributed by atoms with Crippen LogP contribution >= 0.6 is 36.2 Å². The maximum Gasteiger partial charge on any atom is 0.263 e. The summed E-state index contributed by atoms with van der Waals surface area (Å²) in [7, 11) is 0. The molecule has 0 bridgehead atoms. The van der Waals surface area contributed by atoms with Crippen LogP contribution in [0.5, 0.6) is 0 Å². The summed E-state index contributed by atoms with van der Waals surface area (Å²) >= 11 is 1.47. The number of rotatable bonds is 2. The summed E-state index contributed by atoms with van der Waals surface area (Å²) in [4.78, 5) is 17.0. The summed E-state index contributed by atoms with van der Waals surface area (Å²) in [6.45, 7) is 5.75. The summed E-state index contributed by atoms with van der Waals surface area (Å²) in [5.74, 6) is 0.0248. The van der Waals surface area contributed by atoms with Crippen molar-refractivity contribution in [3.8, 4) is 0 Å². The first-order chi connectivity index (χ1) is 7.66. The van der Waals surface area contributed by atoms with E-state index in [2.05, 4.69) is 15.6 Å². The van der Waals surface area contributed by atoms with E-state index in [9.17, 15) is 4.79 Å². The van der Waals surface area contributed by atoms with Crippen LogP contribution in [0.1, 0.15) is 33.2 Å². The van der Waals surface area contributed by atoms with Crippen LogP contribution in [0.2, 0.25) is 0 Å². The molecule has 1 saturated heterocycles. The van der Waals surface area contributed by atoms with Crippen molar-refractivity contribution in [3.63, 3.8) is 0 Å². The van der Waals surface area contributed by atoms with Gasteiger partial charge in [-0.05, 0) is 33.2 Å². The summed E-state index contributed by atoms with van der Waals surface area (Å²) in [5.41, 5.74) is 0.837. The molecule has 1 aromatic rings. The minimum absolute atomic E-state index is 0. The summed E-state index contributed by atoms with van der Waals surface area (Å²) in [6.07, 6.45) is 2.20. The Bertz CT molecular complexity index is 392. The standard InChI is InChI=1S/C11H17N3OS.2ClH/c1-7-10(16-8(2)13-7)11(15)14-9-4-3-5-12-6-9;;/h9,12H,3-6H2,1-2H3,(H,14,15);2*1H/t9-;;/m0../s1. The maximum absolute atomic E-state index is 12.0. The average Bonchev–Trinajstić information content (AvgIpc) is 2.59. The van der Waals surface area contributed by atoms with E-state index in [1.165, 1.54) is 11.3 Å². The van der Waals surface area contributed by atoms with E-state index in [0.29, 0.717) is 0 Å². The van der Waals surface area contributed by atoms with Crippen molar-refractivity contribution in [1.82, 2.24) is 15.6 Å². The van der Waals surface area contributed by atoms with E-state index in [0.717, 1.165) is 41.5 Å². The molecule has 0 unspecified atom stereocenters. The molecule has 1 atom stereocenters. The van der Waals surface area contributed by atoms with Crippen LogP contribution in [-0.2, 0) is 0 Å². The second-order valence-corrected chi connectivity index (χ2v) is 5.37. The molecule has 1 fully saturated rings. The molecule has 0 saturated carbocycles. The molecule has 0 aliphatic carbocycles. The molecule has 1 aromatic heterocycles. The molecule has 0 aromatic carbocycles. The smallest absolute Gasteiger partial charge is 0.263 e. The Balaban J connectivity index is 0.00000144. The van der Waals surface area contributed by atoms with E-state index in [-0.39, 0.29) is 36.8 Å². The topological polar surface area (TPSA) is 54.0 Å². The minimum atomic E-state index is 0. The monoisotopic (exact) mass is 311 g/mol. The summed E-state index contributed by atoms with van der Waals surface area (Å²) in [5, 5.41) is 7.29. The fourth-order valence-corrected chi connectivity index (χ4v) is 2.79. The molecule has 18 heavy (non-hydrogen) atoms. The first-order valence-corrected chi connectivity index (χ1v) is 6.44. The van der Waals surface area contributed by atoms with Crippen LogP contribution in [0.25, 0.3) is 0 Å². The molecular formula is C11H19Cl2N3OS. The molecule has 2 N–H and O–H groups in total. The van der Waals surface area contributed by atoms with Crippen LogP contribution in [0, 0.1) is 13.8 Å². The molecule has 2 heterocycles. The third kappa shape index (κ3) is 4.39. The molecular weight excluding hydrogens is 293 g/mol. The zero-order valence-electron chi connectivity index (χ0n) is 10.5. The van der Waals surface area contributed by atoms with Crippen molar-refractivity contribution < 1.29 is 4.79 Å². The zero-order valence-corrected chi connectivity index (χ0v) is 12.9. The van der Waals surface area contributed by atoms with E-state index in [1.54, 1.807) is 0 Å². The fraction of sp³-hybridized carbons (Fsp3) is 0.636. The highest BCUT2D eigenvalue weighted by Gasteiger charge is 2.19. The number of carbonyl (C=O) groups excluding carboxylic acids is 1. The fourth-order valence-electron chi connectivity index (χ4n) is 1.97. The van der Waals surface area contributed by atoms with Crippen molar-refractivity contribution >= 4 is 42.1 Å². The van der Waals surface area contributed by atoms with Gasteiger partial charge in [-0.2, -0.15) is 0 Å². The highest BCUT2D eigenvalue weighted by Crippen LogP contribution is 2.17. The number of carbonyl (C=O) groups is 1. The third-order valence-corrected chi connectivity index (χ3v) is 3.81. The van der Waals surface area contributed by atoms with E-state index < -0.39 is 0 Å². The van der Waals surface area contributed by atoms with Gasteiger partial charge in [0.15, 0.2) is 0 Å². The van der Waals surface area contributed by atoms with Gasteiger partial charge in [0.2, 0.25) is 0 Å². The maximum atomic E-state index is 12.0. The van der Waals surface area contributed by atoms with E-state index >= 15 is 0 Å². The Morgan fingerprint density at radius 1 is 1.44 bits per heavy atom. The quantitative estimate of drug-likeness (QED) is 0.879. The van der Waals surface area contributed by atoms with Gasteiger partial charge in [-0.25, -0.2) is 4.98 Å². The largest absolute Gasteiger partial charge is 0.347 e. The molecule has 1 aliphatic heterocycles. The Labute approximate surface area is 124 Å². The summed E-state index contributed by atoms with van der Waals surface area (Å²) < 4.78 is 0. The van der Waals surface area contributed by atoms with Gasteiger partial charge in [0.1, 0.15) is 4.88 Å². The predicted molar refractivity (Wildman–Crippen MR) is 79.4 cm³/mol. The normalized spacial score (nSPS) is 18.4. The Morgan fingerprint density at radius 3 is 2.67 bits per heavy atom. The first-order valence-electron chi connectivity index (χ1n) is 5.62. The van der Waals surface area contributed by atoms with Crippen molar-refractivity contribution in [3.05, 3.63) is 15.6 Å². The van der Waals surface area contributed by atoms with Gasteiger partial charge < -0.3 is 10.6 Å². The molecule has 7 heteroatoms. The lowest BCUT2D eigenvalue weighted by molar-refractivity contribution is 0.0934. The SMILES string of the molecule is Cc1nc(C)c(C(=O)N[C@H]2CCCNC2)s1.Cl.Cl. The van der Waals surface area contributed by atoms with Crippen molar-refractivity contribution in [1.29, 1.82) is 0 Å². The number of nitrogens with zero attached hydrogens (tertiary/aromatic N) is 1. The minimum Gasteiger partial charge on any atom is -0.347 e. The average molecular weight is 312 g/mol. The number of aryl methyl sites for hydroxylation is 2. The third-order valence-electron chi connectivity index (χ3n) is 2.74. The van der Waals surface area contributed by atoms with Crippen LogP contribution in [0.4, 0.5) is 0 Å². The van der Waals surface area contributed by atoms with Gasteiger partial charge in [0.05, 0.1) is 10.7 Å². The molecule has 1 amide bonds. The van der Waals surface area contributed by atoms with Gasteiger partial charge in [0.25, 0.3) is 5.91 Å². The zero-order chi connectivity index (χ0) is 11.5. The van der Waals surface area contributed by atoms with Gasteiger partial charge in [0, 0.05) is 12.6 Å². The number of hydrogen-bond acceptors (Lipinski definition) is 4. The van der Waals surface area contributed by atoms with Gasteiger partial charge in [-0.1, -0.05) is 0 Å². The number of aromatic nitrogens is 1. The van der Waals surface area contributed by atoms with Gasteiger partial charge in [-0.3, -0.25) is 4.79 Å². The number of hydrogen-bond donors (Lipinski definition) is 2. The molecule has 2 rings (SSSR count). The highest BCUT2D eigenvalue weighted by atomic mass is 35.5. The predicted octanol–water partition coefficient (Wildman–Crippen LogP) is 2.09. The molecule has 1 aliphatic rings. The molecule has 0 spiro atoms. The van der Waals surface area contributed by atoms with Crippen LogP contribution < -0.4 is 10.6 Å². The van der Waals surface area contributed by atoms with Crippen LogP contribution in [-0.4, -0.2) is 30.0 Å². The van der Waals surface area contributed by atoms with E-state index in [1.807, 2.05) is 13.8 Å². The number of thiazole rings is 1. The molecule has 104 valence electrons. The van der Waals surface area contributed by atoms with Crippen molar-refractivity contribution in [2.24, 2.45) is 0 Å². The molecule has 4 nitrogen and oxygen atoms in total. The van der Waals surface area contributed by atoms with Crippen molar-refractivity contribution in [2.75, 3.05) is 13.1 Å². The first kappa shape index (κ1) is 17.6. The Hall–Kier alpha value is -0.360. The van der Waals surface area contributed by atoms with Gasteiger partial charge >= 0.3 is 0 Å². The highest BCUT2D eigenvalue weighted by molar-refractivity contribution is 7.13. The number of piperidine rings is 1. The second kappa shape index (κ2) is 7.94. The Kier molecular flexibility index (Phi) is 7.78. The second-order valence-electron chi connectivity index (χ2n) is 4.16. The lowest BCUT2D eigenvalue weighted by Gasteiger charge is -2.23. The van der Waals surface area contributed by atoms with Gasteiger partial charge in [-0.15, -0.1) is 36.2 Å². The number of nitrogens with one attached hydrogen (secondary N) is 2. The lowest BCUT2D eigenvalue weighted by atomic mass is 10.1. The number of halogens is 2. The van der Waals surface area contributed by atoms with Crippen molar-refractivity contribution in [2.45, 2.75) is 32.7 Å². The summed E-state index contributed by atoms with van der Waals surface area (Å²) in [6, 6.07) is 0.267. The lowest BCUT2D eigenvalue weighted by Crippen LogP contribution is -2.45. The van der Waals surface area contributed by atoms with Crippen LogP contribution in [0.15, 0.2) is 0 Å². The number of amides is 1. The Morgan fingerprint density at radius 2 is 2.17 bits per heavy atom.